The fourth-order valence-electron chi connectivity index (χ4n) is 4.67. The Balaban J connectivity index is 1.34. The molecule has 0 bridgehead atoms. The molecule has 0 spiro atoms. The van der Waals surface area contributed by atoms with Crippen LogP contribution in [0, 0.1) is 11.8 Å². The summed E-state index contributed by atoms with van der Waals surface area (Å²) in [6, 6.07) is 16.5. The number of carbonyl (C=O) groups excluding carboxylic acids is 1. The lowest BCUT2D eigenvalue weighted by Crippen LogP contribution is -2.18. The number of carbonyl (C=O) groups is 1. The summed E-state index contributed by atoms with van der Waals surface area (Å²) in [6.07, 6.45) is 2.74. The predicted octanol–water partition coefficient (Wildman–Crippen LogP) is 4.35. The van der Waals surface area contributed by atoms with Crippen LogP contribution in [0.15, 0.2) is 42.5 Å². The Morgan fingerprint density at radius 2 is 1.69 bits per heavy atom. The lowest BCUT2D eigenvalue weighted by Gasteiger charge is -2.12. The molecule has 1 heterocycles. The lowest BCUT2D eigenvalue weighted by atomic mass is 9.98. The second kappa shape index (κ2) is 5.95. The molecular formula is C23H25NO2. The van der Waals surface area contributed by atoms with Gasteiger partial charge in [0, 0.05) is 25.0 Å². The van der Waals surface area contributed by atoms with E-state index >= 15 is 0 Å². The van der Waals surface area contributed by atoms with E-state index in [1.165, 1.54) is 47.8 Å². The average Bonchev–Trinajstić information content (AvgIpc) is 3.58. The van der Waals surface area contributed by atoms with Crippen LogP contribution in [0.4, 0.5) is 0 Å². The molecule has 0 N–H and O–H groups in total. The summed E-state index contributed by atoms with van der Waals surface area (Å²) >= 11 is 0. The molecule has 134 valence electrons. The van der Waals surface area contributed by atoms with Crippen molar-refractivity contribution in [1.82, 2.24) is 4.90 Å². The van der Waals surface area contributed by atoms with E-state index in [4.69, 9.17) is 4.74 Å². The van der Waals surface area contributed by atoms with Gasteiger partial charge in [0.1, 0.15) is 0 Å². The molecule has 3 nitrogen and oxygen atoms in total. The number of fused-ring (bicyclic) bond motifs is 1. The van der Waals surface area contributed by atoms with Crippen molar-refractivity contribution in [3.63, 3.8) is 0 Å². The molecule has 0 radical (unpaired) electrons. The van der Waals surface area contributed by atoms with E-state index < -0.39 is 0 Å². The summed E-state index contributed by atoms with van der Waals surface area (Å²) in [5.41, 5.74) is 6.77. The molecule has 26 heavy (non-hydrogen) atoms. The van der Waals surface area contributed by atoms with E-state index in [-0.39, 0.29) is 11.9 Å². The predicted molar refractivity (Wildman–Crippen MR) is 102 cm³/mol. The molecule has 3 heteroatoms. The van der Waals surface area contributed by atoms with Crippen LogP contribution < -0.4 is 0 Å². The molecule has 2 aromatic rings. The van der Waals surface area contributed by atoms with Crippen LogP contribution in [0.25, 0.3) is 11.1 Å². The van der Waals surface area contributed by atoms with Crippen LogP contribution in [0.2, 0.25) is 0 Å². The van der Waals surface area contributed by atoms with Crippen LogP contribution in [0.3, 0.4) is 0 Å². The summed E-state index contributed by atoms with van der Waals surface area (Å²) in [6.45, 7) is 4.35. The van der Waals surface area contributed by atoms with Gasteiger partial charge < -0.3 is 4.74 Å². The van der Waals surface area contributed by atoms with Crippen molar-refractivity contribution in [2.24, 2.45) is 11.8 Å². The summed E-state index contributed by atoms with van der Waals surface area (Å²) in [4.78, 5) is 14.4. The third-order valence-corrected chi connectivity index (χ3v) is 6.50. The summed E-state index contributed by atoms with van der Waals surface area (Å²) in [5, 5.41) is 0. The molecule has 0 amide bonds. The first-order chi connectivity index (χ1) is 12.7. The summed E-state index contributed by atoms with van der Waals surface area (Å²) in [5.74, 6) is 0.634. The van der Waals surface area contributed by atoms with Crippen molar-refractivity contribution >= 4 is 5.97 Å². The fourth-order valence-corrected chi connectivity index (χ4v) is 4.67. The minimum atomic E-state index is -0.0783. The normalized spacial score (nSPS) is 27.2. The van der Waals surface area contributed by atoms with Gasteiger partial charge in [0.25, 0.3) is 0 Å². The number of esters is 1. The molecule has 3 atom stereocenters. The highest BCUT2D eigenvalue weighted by atomic mass is 16.5. The van der Waals surface area contributed by atoms with Gasteiger partial charge in [-0.15, -0.1) is 0 Å². The number of rotatable bonds is 4. The first kappa shape index (κ1) is 16.1. The third kappa shape index (κ3) is 2.66. The SMILES string of the molecule is COC(=O)C1C(C)C1c1ccc(-c2ccc3c(c2)CN(C2CC2)C3)cc1. The molecule has 0 saturated heterocycles. The minimum Gasteiger partial charge on any atom is -0.469 e. The van der Waals surface area contributed by atoms with E-state index in [9.17, 15) is 4.79 Å². The van der Waals surface area contributed by atoms with E-state index in [1.807, 2.05) is 0 Å². The molecule has 5 rings (SSSR count). The third-order valence-electron chi connectivity index (χ3n) is 6.50. The van der Waals surface area contributed by atoms with Crippen LogP contribution >= 0.6 is 0 Å². The quantitative estimate of drug-likeness (QED) is 0.770. The van der Waals surface area contributed by atoms with Gasteiger partial charge in [0.05, 0.1) is 13.0 Å². The van der Waals surface area contributed by atoms with Gasteiger partial charge in [-0.05, 0) is 52.6 Å². The first-order valence-electron chi connectivity index (χ1n) is 9.69. The van der Waals surface area contributed by atoms with Gasteiger partial charge in [-0.25, -0.2) is 0 Å². The molecule has 3 aliphatic rings. The fraction of sp³-hybridized carbons (Fsp3) is 0.435. The van der Waals surface area contributed by atoms with E-state index in [2.05, 4.69) is 54.3 Å². The number of benzene rings is 2. The van der Waals surface area contributed by atoms with Gasteiger partial charge in [-0.2, -0.15) is 0 Å². The Kier molecular flexibility index (Phi) is 3.68. The molecule has 2 fully saturated rings. The van der Waals surface area contributed by atoms with Crippen molar-refractivity contribution < 1.29 is 9.53 Å². The highest BCUT2D eigenvalue weighted by molar-refractivity contribution is 5.78. The van der Waals surface area contributed by atoms with Crippen molar-refractivity contribution in [3.05, 3.63) is 59.2 Å². The maximum Gasteiger partial charge on any atom is 0.309 e. The van der Waals surface area contributed by atoms with Crippen LogP contribution in [-0.4, -0.2) is 24.0 Å². The largest absolute Gasteiger partial charge is 0.469 e. The Hall–Kier alpha value is -2.13. The topological polar surface area (TPSA) is 29.5 Å². The zero-order valence-electron chi connectivity index (χ0n) is 15.4. The van der Waals surface area contributed by atoms with Crippen molar-refractivity contribution in [3.8, 4) is 11.1 Å². The van der Waals surface area contributed by atoms with Gasteiger partial charge in [0.2, 0.25) is 0 Å². The monoisotopic (exact) mass is 347 g/mol. The Morgan fingerprint density at radius 1 is 1.00 bits per heavy atom. The van der Waals surface area contributed by atoms with Crippen molar-refractivity contribution in [1.29, 1.82) is 0 Å². The Bertz CT molecular complexity index is 853. The molecule has 0 aromatic heterocycles. The molecule has 1 aliphatic heterocycles. The molecule has 2 saturated carbocycles. The van der Waals surface area contributed by atoms with E-state index in [0.717, 1.165) is 19.1 Å². The maximum atomic E-state index is 11.8. The maximum absolute atomic E-state index is 11.8. The van der Waals surface area contributed by atoms with Gasteiger partial charge in [0.15, 0.2) is 0 Å². The van der Waals surface area contributed by atoms with Gasteiger partial charge in [-0.3, -0.25) is 9.69 Å². The second-order valence-electron chi connectivity index (χ2n) is 8.18. The van der Waals surface area contributed by atoms with E-state index in [1.54, 1.807) is 0 Å². The number of hydrogen-bond acceptors (Lipinski definition) is 3. The summed E-state index contributed by atoms with van der Waals surface area (Å²) in [7, 11) is 1.48. The summed E-state index contributed by atoms with van der Waals surface area (Å²) < 4.78 is 4.92. The molecule has 2 aliphatic carbocycles. The standard InChI is InChI=1S/C23H25NO2/c1-14-21(22(14)23(25)26-2)16-5-3-15(4-6-16)17-7-8-18-12-24(20-9-10-20)13-19(18)11-17/h3-8,11,14,20-22H,9-10,12-13H2,1-2H3. The minimum absolute atomic E-state index is 0.0271. The molecular weight excluding hydrogens is 322 g/mol. The zero-order valence-corrected chi connectivity index (χ0v) is 15.4. The zero-order chi connectivity index (χ0) is 17.8. The van der Waals surface area contributed by atoms with Crippen LogP contribution in [0.5, 0.6) is 0 Å². The average molecular weight is 347 g/mol. The van der Waals surface area contributed by atoms with Crippen molar-refractivity contribution in [2.75, 3.05) is 7.11 Å². The lowest BCUT2D eigenvalue weighted by molar-refractivity contribution is -0.142. The Labute approximate surface area is 155 Å². The number of nitrogens with zero attached hydrogens (tertiary/aromatic N) is 1. The Morgan fingerprint density at radius 3 is 2.38 bits per heavy atom. The van der Waals surface area contributed by atoms with Gasteiger partial charge >= 0.3 is 5.97 Å². The smallest absolute Gasteiger partial charge is 0.309 e. The number of ether oxygens (including phenoxy) is 1. The van der Waals surface area contributed by atoms with Gasteiger partial charge in [-0.1, -0.05) is 43.3 Å². The molecule has 2 aromatic carbocycles. The second-order valence-corrected chi connectivity index (χ2v) is 8.18. The van der Waals surface area contributed by atoms with Crippen LogP contribution in [0.1, 0.15) is 42.4 Å². The highest BCUT2D eigenvalue weighted by Crippen LogP contribution is 2.54. The van der Waals surface area contributed by atoms with E-state index in [0.29, 0.717) is 11.8 Å². The highest BCUT2D eigenvalue weighted by Gasteiger charge is 2.53. The number of hydrogen-bond donors (Lipinski definition) is 0. The molecule has 3 unspecified atom stereocenters. The van der Waals surface area contributed by atoms with Crippen molar-refractivity contribution in [2.45, 2.75) is 44.8 Å². The van der Waals surface area contributed by atoms with Crippen LogP contribution in [-0.2, 0) is 22.6 Å². The number of methoxy groups -OCH3 is 1. The first-order valence-corrected chi connectivity index (χ1v) is 9.69.